The minimum Gasteiger partial charge on any atom is -0.382 e. The van der Waals surface area contributed by atoms with E-state index in [4.69, 9.17) is 0 Å². The topological polar surface area (TPSA) is 94.2 Å². The van der Waals surface area contributed by atoms with E-state index in [0.29, 0.717) is 23.4 Å². The summed E-state index contributed by atoms with van der Waals surface area (Å²) in [5, 5.41) is 16.6. The van der Waals surface area contributed by atoms with Gasteiger partial charge >= 0.3 is 0 Å². The minimum atomic E-state index is -2.66. The molecule has 0 unspecified atom stereocenters. The lowest BCUT2D eigenvalue weighted by molar-refractivity contribution is 0.152. The average Bonchev–Trinajstić information content (AvgIpc) is 3.34. The van der Waals surface area contributed by atoms with E-state index in [-0.39, 0.29) is 22.8 Å². The van der Waals surface area contributed by atoms with Crippen LogP contribution in [0.5, 0.6) is 0 Å². The summed E-state index contributed by atoms with van der Waals surface area (Å²) in [6, 6.07) is 13.6. The molecule has 1 fully saturated rings. The zero-order chi connectivity index (χ0) is 25.9. The van der Waals surface area contributed by atoms with Gasteiger partial charge in [-0.25, -0.2) is 23.7 Å². The Labute approximate surface area is 214 Å². The second-order valence-electron chi connectivity index (χ2n) is 9.38. The minimum absolute atomic E-state index is 0.118. The van der Waals surface area contributed by atoms with Crippen LogP contribution in [0.15, 0.2) is 55.0 Å². The molecule has 0 radical (unpaired) electrons. The van der Waals surface area contributed by atoms with Crippen LogP contribution in [0.1, 0.15) is 48.9 Å². The Hall–Kier alpha value is -4.10. The second-order valence-corrected chi connectivity index (χ2v) is 9.38. The predicted octanol–water partition coefficient (Wildman–Crippen LogP) is 5.28. The molecule has 10 heteroatoms. The van der Waals surface area contributed by atoms with E-state index >= 15 is 0 Å². The summed E-state index contributed by atoms with van der Waals surface area (Å²) in [5.74, 6) is 0.329. The number of aromatic nitrogens is 4. The number of hydrogen-bond donors (Lipinski definition) is 2. The number of imidazole rings is 1. The van der Waals surface area contributed by atoms with Crippen LogP contribution < -0.4 is 10.6 Å². The van der Waals surface area contributed by atoms with Crippen LogP contribution in [0, 0.1) is 11.3 Å². The summed E-state index contributed by atoms with van der Waals surface area (Å²) < 4.78 is 28.4. The summed E-state index contributed by atoms with van der Waals surface area (Å²) in [5.41, 5.74) is 3.08. The highest BCUT2D eigenvalue weighted by Gasteiger charge is 2.20. The van der Waals surface area contributed by atoms with Crippen LogP contribution in [0.2, 0.25) is 0 Å². The van der Waals surface area contributed by atoms with Gasteiger partial charge in [-0.3, -0.25) is 4.40 Å². The molecule has 0 spiro atoms. The average molecular weight is 503 g/mol. The molecular weight excluding hydrogens is 474 g/mol. The zero-order valence-electron chi connectivity index (χ0n) is 20.7. The molecule has 37 heavy (non-hydrogen) atoms. The van der Waals surface area contributed by atoms with Gasteiger partial charge in [-0.1, -0.05) is 12.1 Å². The van der Waals surface area contributed by atoms with Crippen LogP contribution in [0.3, 0.4) is 0 Å². The molecule has 1 saturated heterocycles. The molecule has 1 aromatic carbocycles. The number of rotatable bonds is 7. The molecule has 1 atom stereocenters. The number of likely N-dealkylation sites (tertiary alicyclic amines) is 1. The fourth-order valence-corrected chi connectivity index (χ4v) is 4.67. The number of halogens is 2. The highest BCUT2D eigenvalue weighted by molar-refractivity contribution is 5.68. The Morgan fingerprint density at radius 3 is 2.68 bits per heavy atom. The third-order valence-electron chi connectivity index (χ3n) is 6.77. The van der Waals surface area contributed by atoms with Crippen molar-refractivity contribution in [2.75, 3.05) is 30.8 Å². The van der Waals surface area contributed by atoms with E-state index in [9.17, 15) is 14.0 Å². The Kier molecular flexibility index (Phi) is 6.97. The smallest absolute Gasteiger partial charge is 0.267 e. The third-order valence-corrected chi connectivity index (χ3v) is 6.77. The Morgan fingerprint density at radius 2 is 1.92 bits per heavy atom. The Balaban J connectivity index is 1.38. The summed E-state index contributed by atoms with van der Waals surface area (Å²) in [4.78, 5) is 15.4. The molecule has 190 valence electrons. The van der Waals surface area contributed by atoms with E-state index in [1.807, 2.05) is 19.1 Å². The fourth-order valence-electron chi connectivity index (χ4n) is 4.67. The number of nitrogens with zero attached hydrogens (tertiary/aromatic N) is 6. The monoisotopic (exact) mass is 502 g/mol. The summed E-state index contributed by atoms with van der Waals surface area (Å²) in [6.07, 6.45) is 4.08. The standard InChI is InChI=1S/C27H28F2N8/c1-17(18-5-3-6-21(13-18)34-20-8-11-36(2)12-9-20)33-27-32-15-19(14-30)24(35-27)23-16-31-26-22(25(28)29)7-4-10-37(23)26/h3-7,10,13,15-17,20,25,34H,8-9,11-12H2,1-2H3,(H,32,33,35)/t17-/m0/s1. The normalized spacial score (nSPS) is 15.6. The maximum Gasteiger partial charge on any atom is 0.267 e. The van der Waals surface area contributed by atoms with E-state index in [0.717, 1.165) is 37.2 Å². The van der Waals surface area contributed by atoms with Crippen molar-refractivity contribution in [2.24, 2.45) is 0 Å². The molecule has 0 aliphatic carbocycles. The van der Waals surface area contributed by atoms with Crippen molar-refractivity contribution in [1.29, 1.82) is 5.26 Å². The lowest BCUT2D eigenvalue weighted by atomic mass is 10.0. The van der Waals surface area contributed by atoms with Crippen LogP contribution in [0.4, 0.5) is 20.4 Å². The number of hydrogen-bond acceptors (Lipinski definition) is 7. The van der Waals surface area contributed by atoms with E-state index in [2.05, 4.69) is 55.7 Å². The molecule has 8 nitrogen and oxygen atoms in total. The van der Waals surface area contributed by atoms with Crippen molar-refractivity contribution in [3.05, 3.63) is 71.7 Å². The summed E-state index contributed by atoms with van der Waals surface area (Å²) in [6.45, 7) is 4.19. The number of anilines is 2. The first-order chi connectivity index (χ1) is 17.9. The van der Waals surface area contributed by atoms with Crippen molar-refractivity contribution >= 4 is 17.3 Å². The largest absolute Gasteiger partial charge is 0.382 e. The molecular formula is C27H28F2N8. The van der Waals surface area contributed by atoms with Gasteiger partial charge in [-0.2, -0.15) is 5.26 Å². The van der Waals surface area contributed by atoms with Crippen molar-refractivity contribution in [1.82, 2.24) is 24.3 Å². The molecule has 0 bridgehead atoms. The highest BCUT2D eigenvalue weighted by atomic mass is 19.3. The Bertz CT molecular complexity index is 1440. The summed E-state index contributed by atoms with van der Waals surface area (Å²) in [7, 11) is 2.15. The van der Waals surface area contributed by atoms with Gasteiger partial charge in [-0.15, -0.1) is 0 Å². The molecule has 0 amide bonds. The van der Waals surface area contributed by atoms with E-state index < -0.39 is 6.43 Å². The first kappa shape index (κ1) is 24.6. The van der Waals surface area contributed by atoms with Gasteiger partial charge < -0.3 is 15.5 Å². The number of pyridine rings is 1. The summed E-state index contributed by atoms with van der Waals surface area (Å²) >= 11 is 0. The van der Waals surface area contributed by atoms with Crippen molar-refractivity contribution in [2.45, 2.75) is 38.3 Å². The van der Waals surface area contributed by atoms with Gasteiger partial charge in [0.05, 0.1) is 35.3 Å². The van der Waals surface area contributed by atoms with Crippen molar-refractivity contribution in [3.63, 3.8) is 0 Å². The van der Waals surface area contributed by atoms with Gasteiger partial charge in [0.1, 0.15) is 17.4 Å². The van der Waals surface area contributed by atoms with Crippen molar-refractivity contribution in [3.8, 4) is 17.5 Å². The van der Waals surface area contributed by atoms with Gasteiger partial charge in [0.25, 0.3) is 6.43 Å². The maximum absolute atomic E-state index is 13.5. The predicted molar refractivity (Wildman–Crippen MR) is 139 cm³/mol. The molecule has 5 rings (SSSR count). The van der Waals surface area contributed by atoms with Crippen LogP contribution in [-0.2, 0) is 0 Å². The number of nitrogens with one attached hydrogen (secondary N) is 2. The molecule has 1 aliphatic rings. The molecule has 4 heterocycles. The van der Waals surface area contributed by atoms with Crippen LogP contribution in [0.25, 0.3) is 17.0 Å². The zero-order valence-corrected chi connectivity index (χ0v) is 20.7. The molecule has 3 aromatic heterocycles. The van der Waals surface area contributed by atoms with E-state index in [1.54, 1.807) is 6.20 Å². The third kappa shape index (κ3) is 5.22. The lowest BCUT2D eigenvalue weighted by Crippen LogP contribution is -2.36. The number of benzene rings is 1. The molecule has 2 N–H and O–H groups in total. The van der Waals surface area contributed by atoms with Gasteiger partial charge in [-0.05, 0) is 69.7 Å². The number of fused-ring (bicyclic) bond motifs is 1. The maximum atomic E-state index is 13.5. The second kappa shape index (κ2) is 10.5. The number of nitriles is 1. The van der Waals surface area contributed by atoms with Crippen LogP contribution >= 0.6 is 0 Å². The highest BCUT2D eigenvalue weighted by Crippen LogP contribution is 2.29. The van der Waals surface area contributed by atoms with Crippen molar-refractivity contribution < 1.29 is 8.78 Å². The number of alkyl halides is 2. The molecule has 4 aromatic rings. The van der Waals surface area contributed by atoms with E-state index in [1.165, 1.54) is 28.9 Å². The quantitative estimate of drug-likeness (QED) is 0.355. The molecule has 0 saturated carbocycles. The first-order valence-electron chi connectivity index (χ1n) is 12.3. The van der Waals surface area contributed by atoms with Crippen LogP contribution in [-0.4, -0.2) is 50.4 Å². The van der Waals surface area contributed by atoms with Gasteiger partial charge in [0.2, 0.25) is 5.95 Å². The van der Waals surface area contributed by atoms with Gasteiger partial charge in [0, 0.05) is 17.9 Å². The molecule has 1 aliphatic heterocycles. The number of piperidine rings is 1. The van der Waals surface area contributed by atoms with Gasteiger partial charge in [0.15, 0.2) is 0 Å². The lowest BCUT2D eigenvalue weighted by Gasteiger charge is -2.30. The Morgan fingerprint density at radius 1 is 1.11 bits per heavy atom. The SMILES string of the molecule is C[C@H](Nc1ncc(C#N)c(-c2cnc3c(C(F)F)cccn23)n1)c1cccc(NC2CCN(C)CC2)c1. The first-order valence-corrected chi connectivity index (χ1v) is 12.3. The fraction of sp³-hybridized carbons (Fsp3) is 0.333.